The molecule has 4 N–H and O–H groups in total. The van der Waals surface area contributed by atoms with Gasteiger partial charge in [-0.05, 0) is 25.7 Å². The molecule has 2 heteroatoms. The van der Waals surface area contributed by atoms with Gasteiger partial charge in [-0.25, -0.2) is 0 Å². The maximum atomic E-state index is 5.92. The predicted molar refractivity (Wildman–Crippen MR) is 52.3 cm³/mol. The Bertz CT molecular complexity index is 100. The Kier molecular flexibility index (Phi) is 4.62. The molecule has 1 saturated carbocycles. The van der Waals surface area contributed by atoms with Crippen LogP contribution in [0.5, 0.6) is 0 Å². The van der Waals surface area contributed by atoms with Gasteiger partial charge in [-0.3, -0.25) is 0 Å². The predicted octanol–water partition coefficient (Wildman–Crippen LogP) is 1.94. The van der Waals surface area contributed by atoms with Crippen molar-refractivity contribution in [1.29, 1.82) is 0 Å². The monoisotopic (exact) mass is 169 g/mol. The molecule has 0 aromatic heterocycles. The summed E-state index contributed by atoms with van der Waals surface area (Å²) in [5.41, 5.74) is 11.8. The van der Waals surface area contributed by atoms with E-state index in [0.717, 1.165) is 25.3 Å². The number of nitrogens with two attached hydrogens (primary N) is 2. The molecule has 1 rings (SSSR count). The molecule has 1 aliphatic rings. The van der Waals surface area contributed by atoms with Gasteiger partial charge in [-0.15, -0.1) is 0 Å². The van der Waals surface area contributed by atoms with Crippen LogP contribution < -0.4 is 11.5 Å². The van der Waals surface area contributed by atoms with Crippen LogP contribution >= 0.6 is 0 Å². The largest absolute Gasteiger partial charge is 0.328 e. The quantitative estimate of drug-likeness (QED) is 0.582. The summed E-state index contributed by atoms with van der Waals surface area (Å²) >= 11 is 0. The molecule has 1 fully saturated rings. The third-order valence-electron chi connectivity index (χ3n) is 2.66. The van der Waals surface area contributed by atoms with Crippen LogP contribution in [0.4, 0.5) is 0 Å². The lowest BCUT2D eigenvalue weighted by molar-refractivity contribution is 0.473. The molecular formula is C10H21N2. The van der Waals surface area contributed by atoms with E-state index >= 15 is 0 Å². The number of hydrogen-bond donors (Lipinski definition) is 2. The first-order chi connectivity index (χ1) is 5.79. The fraction of sp³-hybridized carbons (Fsp3) is 0.900. The lowest BCUT2D eigenvalue weighted by Crippen LogP contribution is -2.23. The van der Waals surface area contributed by atoms with Gasteiger partial charge in [0.1, 0.15) is 0 Å². The van der Waals surface area contributed by atoms with E-state index in [9.17, 15) is 0 Å². The van der Waals surface area contributed by atoms with Gasteiger partial charge in [-0.1, -0.05) is 25.7 Å². The van der Waals surface area contributed by atoms with Gasteiger partial charge in [0, 0.05) is 12.1 Å². The van der Waals surface area contributed by atoms with Crippen molar-refractivity contribution >= 4 is 0 Å². The Balaban J connectivity index is 2.23. The SMILES string of the molecule is N[C]1CCCCCCC(N)CC1. The van der Waals surface area contributed by atoms with E-state index in [1.54, 1.807) is 0 Å². The molecule has 2 nitrogen and oxygen atoms in total. The standard InChI is InChI=1S/C10H21N2/c11-9-5-3-1-2-4-6-10(12)8-7-9/h9H,1-8,11-12H2. The summed E-state index contributed by atoms with van der Waals surface area (Å²) in [7, 11) is 0. The second-order valence-corrected chi connectivity index (χ2v) is 3.91. The zero-order valence-corrected chi connectivity index (χ0v) is 7.89. The van der Waals surface area contributed by atoms with Gasteiger partial charge in [0.2, 0.25) is 0 Å². The molecule has 1 aliphatic carbocycles. The van der Waals surface area contributed by atoms with Crippen molar-refractivity contribution in [3.8, 4) is 0 Å². The number of rotatable bonds is 0. The van der Waals surface area contributed by atoms with Crippen molar-refractivity contribution in [2.24, 2.45) is 11.5 Å². The Morgan fingerprint density at radius 1 is 0.917 bits per heavy atom. The zero-order valence-electron chi connectivity index (χ0n) is 7.89. The Labute approximate surface area is 75.7 Å². The molecule has 0 heterocycles. The molecule has 0 spiro atoms. The highest BCUT2D eigenvalue weighted by Crippen LogP contribution is 2.18. The summed E-state index contributed by atoms with van der Waals surface area (Å²) in [4.78, 5) is 0. The average Bonchev–Trinajstić information content (AvgIpc) is 2.07. The molecule has 71 valence electrons. The van der Waals surface area contributed by atoms with Crippen LogP contribution in [0.1, 0.15) is 51.4 Å². The van der Waals surface area contributed by atoms with Crippen molar-refractivity contribution in [2.45, 2.75) is 57.4 Å². The van der Waals surface area contributed by atoms with Crippen LogP contribution in [0.3, 0.4) is 0 Å². The summed E-state index contributed by atoms with van der Waals surface area (Å²) in [6.07, 6.45) is 9.68. The summed E-state index contributed by atoms with van der Waals surface area (Å²) in [5, 5.41) is 0. The first-order valence-corrected chi connectivity index (χ1v) is 5.15. The summed E-state index contributed by atoms with van der Waals surface area (Å²) < 4.78 is 0. The maximum Gasteiger partial charge on any atom is 0.0337 e. The van der Waals surface area contributed by atoms with E-state index in [1.165, 1.54) is 32.1 Å². The van der Waals surface area contributed by atoms with Gasteiger partial charge in [0.15, 0.2) is 0 Å². The second-order valence-electron chi connectivity index (χ2n) is 3.91. The Morgan fingerprint density at radius 2 is 1.67 bits per heavy atom. The van der Waals surface area contributed by atoms with Crippen LogP contribution in [-0.4, -0.2) is 6.04 Å². The Morgan fingerprint density at radius 3 is 2.50 bits per heavy atom. The molecule has 0 aliphatic heterocycles. The van der Waals surface area contributed by atoms with Gasteiger partial charge in [-0.2, -0.15) is 0 Å². The molecule has 0 bridgehead atoms. The van der Waals surface area contributed by atoms with Gasteiger partial charge in [0.05, 0.1) is 0 Å². The van der Waals surface area contributed by atoms with Gasteiger partial charge in [0.25, 0.3) is 0 Å². The minimum Gasteiger partial charge on any atom is -0.328 e. The van der Waals surface area contributed by atoms with E-state index in [2.05, 4.69) is 0 Å². The first kappa shape index (κ1) is 10.0. The third-order valence-corrected chi connectivity index (χ3v) is 2.66. The fourth-order valence-corrected chi connectivity index (χ4v) is 1.75. The van der Waals surface area contributed by atoms with Crippen LogP contribution in [0.25, 0.3) is 0 Å². The van der Waals surface area contributed by atoms with Crippen LogP contribution in [0.2, 0.25) is 0 Å². The minimum atomic E-state index is 0.390. The van der Waals surface area contributed by atoms with Crippen LogP contribution in [0.15, 0.2) is 0 Å². The average molecular weight is 169 g/mol. The second kappa shape index (κ2) is 5.55. The lowest BCUT2D eigenvalue weighted by atomic mass is 9.96. The van der Waals surface area contributed by atoms with Crippen molar-refractivity contribution < 1.29 is 0 Å². The van der Waals surface area contributed by atoms with Crippen LogP contribution in [0, 0.1) is 6.04 Å². The van der Waals surface area contributed by atoms with Crippen molar-refractivity contribution in [3.63, 3.8) is 0 Å². The molecule has 0 saturated heterocycles. The highest BCUT2D eigenvalue weighted by molar-refractivity contribution is 4.84. The van der Waals surface area contributed by atoms with Crippen molar-refractivity contribution in [1.82, 2.24) is 0 Å². The van der Waals surface area contributed by atoms with Gasteiger partial charge < -0.3 is 11.5 Å². The van der Waals surface area contributed by atoms with Crippen LogP contribution in [-0.2, 0) is 0 Å². The lowest BCUT2D eigenvalue weighted by Gasteiger charge is -2.17. The van der Waals surface area contributed by atoms with E-state index in [0.29, 0.717) is 6.04 Å². The smallest absolute Gasteiger partial charge is 0.0337 e. The third kappa shape index (κ3) is 4.07. The minimum absolute atomic E-state index is 0.390. The molecule has 0 aromatic rings. The van der Waals surface area contributed by atoms with E-state index in [1.807, 2.05) is 0 Å². The first-order valence-electron chi connectivity index (χ1n) is 5.15. The van der Waals surface area contributed by atoms with E-state index in [4.69, 9.17) is 11.5 Å². The molecule has 1 atom stereocenters. The maximum absolute atomic E-state index is 5.92. The molecule has 1 unspecified atom stereocenters. The zero-order chi connectivity index (χ0) is 8.81. The molecule has 0 aromatic carbocycles. The van der Waals surface area contributed by atoms with Crippen molar-refractivity contribution in [3.05, 3.63) is 6.04 Å². The normalized spacial score (nSPS) is 30.0. The van der Waals surface area contributed by atoms with Gasteiger partial charge >= 0.3 is 0 Å². The van der Waals surface area contributed by atoms with E-state index < -0.39 is 0 Å². The highest BCUT2D eigenvalue weighted by atomic mass is 14.7. The van der Waals surface area contributed by atoms with Crippen molar-refractivity contribution in [2.75, 3.05) is 0 Å². The summed E-state index contributed by atoms with van der Waals surface area (Å²) in [6.45, 7) is 0. The summed E-state index contributed by atoms with van der Waals surface area (Å²) in [5.74, 6) is 0. The molecule has 1 radical (unpaired) electrons. The summed E-state index contributed by atoms with van der Waals surface area (Å²) in [6, 6.07) is 1.55. The highest BCUT2D eigenvalue weighted by Gasteiger charge is 2.09. The topological polar surface area (TPSA) is 52.0 Å². The number of hydrogen-bond acceptors (Lipinski definition) is 2. The molecular weight excluding hydrogens is 148 g/mol. The molecule has 0 amide bonds. The molecule has 12 heavy (non-hydrogen) atoms. The fourth-order valence-electron chi connectivity index (χ4n) is 1.75. The Hall–Kier alpha value is -0.0800. The van der Waals surface area contributed by atoms with E-state index in [-0.39, 0.29) is 0 Å².